The Balaban J connectivity index is 1.86. The third kappa shape index (κ3) is 6.29. The maximum Gasteiger partial charge on any atom is 0.191 e. The fourth-order valence-corrected chi connectivity index (χ4v) is 5.44. The third-order valence-electron chi connectivity index (χ3n) is 3.69. The molecule has 2 rings (SSSR count). The Hall–Kier alpha value is -0.730. The summed E-state index contributed by atoms with van der Waals surface area (Å²) >= 11 is 5.23. The molecule has 1 aromatic carbocycles. The molecular formula is C16H24BrN3O2S2. The first-order valence-electron chi connectivity index (χ1n) is 7.81. The van der Waals surface area contributed by atoms with Crippen molar-refractivity contribution >= 4 is 43.5 Å². The largest absolute Gasteiger partial charge is 0.355 e. The fraction of sp³-hybridized carbons (Fsp3) is 0.562. The van der Waals surface area contributed by atoms with Crippen molar-refractivity contribution in [3.63, 3.8) is 0 Å². The van der Waals surface area contributed by atoms with Gasteiger partial charge >= 0.3 is 0 Å². The molecule has 1 aromatic rings. The topological polar surface area (TPSA) is 70.6 Å². The zero-order valence-electron chi connectivity index (χ0n) is 14.2. The maximum absolute atomic E-state index is 11.5. The summed E-state index contributed by atoms with van der Waals surface area (Å²) in [5, 5.41) is 6.52. The molecular weight excluding hydrogens is 410 g/mol. The molecule has 0 aliphatic carbocycles. The Morgan fingerprint density at radius 3 is 2.58 bits per heavy atom. The Labute approximate surface area is 157 Å². The Bertz CT molecular complexity index is 688. The minimum atomic E-state index is -2.89. The van der Waals surface area contributed by atoms with Gasteiger partial charge in [0.05, 0.1) is 11.5 Å². The lowest BCUT2D eigenvalue weighted by molar-refractivity contribution is 0.598. The second-order valence-electron chi connectivity index (χ2n) is 6.49. The van der Waals surface area contributed by atoms with E-state index in [9.17, 15) is 8.42 Å². The van der Waals surface area contributed by atoms with Crippen LogP contribution < -0.4 is 10.6 Å². The van der Waals surface area contributed by atoms with Crippen LogP contribution in [0.3, 0.4) is 0 Å². The van der Waals surface area contributed by atoms with E-state index in [0.717, 1.165) is 4.47 Å². The Morgan fingerprint density at radius 1 is 1.38 bits per heavy atom. The van der Waals surface area contributed by atoms with Crippen LogP contribution in [0.4, 0.5) is 0 Å². The SMILES string of the molecule is CN=C(NCC(C)(C)Sc1ccc(Br)cc1)NC1CCS(=O)(=O)C1. The van der Waals surface area contributed by atoms with E-state index >= 15 is 0 Å². The first kappa shape index (κ1) is 19.6. The van der Waals surface area contributed by atoms with Crippen molar-refractivity contribution in [1.29, 1.82) is 0 Å². The lowest BCUT2D eigenvalue weighted by atomic mass is 10.2. The number of aliphatic imine (C=N–C) groups is 1. The van der Waals surface area contributed by atoms with Crippen LogP contribution in [0, 0.1) is 0 Å². The predicted octanol–water partition coefficient (Wildman–Crippen LogP) is 2.67. The molecule has 1 aliphatic rings. The van der Waals surface area contributed by atoms with E-state index < -0.39 is 9.84 Å². The normalized spacial score (nSPS) is 20.8. The molecule has 134 valence electrons. The zero-order chi connectivity index (χ0) is 17.8. The van der Waals surface area contributed by atoms with Gasteiger partial charge in [-0.2, -0.15) is 0 Å². The van der Waals surface area contributed by atoms with Gasteiger partial charge in [0.25, 0.3) is 0 Å². The molecule has 8 heteroatoms. The maximum atomic E-state index is 11.5. The van der Waals surface area contributed by atoms with E-state index in [4.69, 9.17) is 0 Å². The minimum absolute atomic E-state index is 0.0345. The number of halogens is 1. The van der Waals surface area contributed by atoms with Crippen LogP contribution in [-0.4, -0.2) is 50.3 Å². The summed E-state index contributed by atoms with van der Waals surface area (Å²) in [6, 6.07) is 8.20. The Kier molecular flexibility index (Phi) is 6.61. The van der Waals surface area contributed by atoms with E-state index in [0.29, 0.717) is 18.9 Å². The number of rotatable bonds is 5. The number of hydrogen-bond donors (Lipinski definition) is 2. The summed E-state index contributed by atoms with van der Waals surface area (Å²) in [4.78, 5) is 5.41. The van der Waals surface area contributed by atoms with Gasteiger partial charge < -0.3 is 10.6 Å². The molecule has 2 N–H and O–H groups in total. The lowest BCUT2D eigenvalue weighted by Crippen LogP contribution is -2.47. The monoisotopic (exact) mass is 433 g/mol. The quantitative estimate of drug-likeness (QED) is 0.424. The highest BCUT2D eigenvalue weighted by Crippen LogP contribution is 2.32. The summed E-state index contributed by atoms with van der Waals surface area (Å²) in [7, 11) is -1.19. The first-order chi connectivity index (χ1) is 11.2. The summed E-state index contributed by atoms with van der Waals surface area (Å²) in [5.41, 5.74) is 0. The van der Waals surface area contributed by atoms with Gasteiger partial charge in [0.15, 0.2) is 15.8 Å². The highest BCUT2D eigenvalue weighted by atomic mass is 79.9. The molecule has 1 heterocycles. The van der Waals surface area contributed by atoms with Crippen LogP contribution >= 0.6 is 27.7 Å². The number of sulfone groups is 1. The number of hydrogen-bond acceptors (Lipinski definition) is 4. The second-order valence-corrected chi connectivity index (χ2v) is 11.4. The fourth-order valence-electron chi connectivity index (χ4n) is 2.45. The van der Waals surface area contributed by atoms with Crippen LogP contribution in [0.2, 0.25) is 0 Å². The number of guanidine groups is 1. The molecule has 24 heavy (non-hydrogen) atoms. The van der Waals surface area contributed by atoms with Crippen molar-refractivity contribution in [3.05, 3.63) is 28.7 Å². The van der Waals surface area contributed by atoms with Crippen molar-refractivity contribution in [1.82, 2.24) is 10.6 Å². The molecule has 5 nitrogen and oxygen atoms in total. The number of nitrogens with zero attached hydrogens (tertiary/aromatic N) is 1. The summed E-state index contributed by atoms with van der Waals surface area (Å²) in [6.07, 6.45) is 0.639. The molecule has 0 bridgehead atoms. The molecule has 0 amide bonds. The van der Waals surface area contributed by atoms with E-state index in [1.165, 1.54) is 4.90 Å². The van der Waals surface area contributed by atoms with E-state index in [1.807, 2.05) is 12.1 Å². The first-order valence-corrected chi connectivity index (χ1v) is 11.2. The third-order valence-corrected chi connectivity index (χ3v) is 7.19. The van der Waals surface area contributed by atoms with E-state index in [-0.39, 0.29) is 22.3 Å². The Morgan fingerprint density at radius 2 is 2.04 bits per heavy atom. The standard InChI is InChI=1S/C16H24BrN3O2S2/c1-16(2,23-14-6-4-12(17)5-7-14)11-19-15(18-3)20-13-8-9-24(21,22)10-13/h4-7,13H,8-11H2,1-3H3,(H2,18,19,20). The van der Waals surface area contributed by atoms with Gasteiger partial charge in [-0.25, -0.2) is 8.42 Å². The minimum Gasteiger partial charge on any atom is -0.355 e. The van der Waals surface area contributed by atoms with Crippen molar-refractivity contribution in [3.8, 4) is 0 Å². The van der Waals surface area contributed by atoms with Crippen molar-refractivity contribution < 1.29 is 8.42 Å². The van der Waals surface area contributed by atoms with Crippen LogP contribution in [0.5, 0.6) is 0 Å². The van der Waals surface area contributed by atoms with E-state index in [1.54, 1.807) is 18.8 Å². The van der Waals surface area contributed by atoms with Crippen molar-refractivity contribution in [2.24, 2.45) is 4.99 Å². The zero-order valence-corrected chi connectivity index (χ0v) is 17.4. The molecule has 0 saturated carbocycles. The molecule has 0 spiro atoms. The van der Waals surface area contributed by atoms with Crippen LogP contribution in [0.25, 0.3) is 0 Å². The number of benzene rings is 1. The van der Waals surface area contributed by atoms with Crippen LogP contribution in [0.15, 0.2) is 38.6 Å². The van der Waals surface area contributed by atoms with Gasteiger partial charge in [-0.15, -0.1) is 11.8 Å². The smallest absolute Gasteiger partial charge is 0.191 e. The van der Waals surface area contributed by atoms with Gasteiger partial charge in [0.1, 0.15) is 0 Å². The highest BCUT2D eigenvalue weighted by molar-refractivity contribution is 9.10. The summed E-state index contributed by atoms with van der Waals surface area (Å²) in [6.45, 7) is 5.05. The highest BCUT2D eigenvalue weighted by Gasteiger charge is 2.28. The van der Waals surface area contributed by atoms with Gasteiger partial charge in [-0.3, -0.25) is 4.99 Å². The van der Waals surface area contributed by atoms with Gasteiger partial charge in [-0.05, 0) is 44.5 Å². The predicted molar refractivity (Wildman–Crippen MR) is 106 cm³/mol. The second kappa shape index (κ2) is 8.10. The molecule has 1 fully saturated rings. The van der Waals surface area contributed by atoms with Gasteiger partial charge in [-0.1, -0.05) is 15.9 Å². The average Bonchev–Trinajstić information content (AvgIpc) is 2.84. The van der Waals surface area contributed by atoms with Crippen LogP contribution in [0.1, 0.15) is 20.3 Å². The molecule has 0 aromatic heterocycles. The molecule has 1 unspecified atom stereocenters. The molecule has 0 radical (unpaired) electrons. The van der Waals surface area contributed by atoms with E-state index in [2.05, 4.69) is 57.5 Å². The van der Waals surface area contributed by atoms with Gasteiger partial charge in [0, 0.05) is 33.7 Å². The number of thioether (sulfide) groups is 1. The average molecular weight is 434 g/mol. The van der Waals surface area contributed by atoms with Gasteiger partial charge in [0.2, 0.25) is 0 Å². The van der Waals surface area contributed by atoms with Crippen LogP contribution in [-0.2, 0) is 9.84 Å². The molecule has 1 saturated heterocycles. The van der Waals surface area contributed by atoms with Crippen molar-refractivity contribution in [2.75, 3.05) is 25.1 Å². The molecule has 1 aliphatic heterocycles. The molecule has 1 atom stereocenters. The lowest BCUT2D eigenvalue weighted by Gasteiger charge is -2.26. The number of nitrogens with one attached hydrogen (secondary N) is 2. The summed E-state index contributed by atoms with van der Waals surface area (Å²) in [5.74, 6) is 1.10. The summed E-state index contributed by atoms with van der Waals surface area (Å²) < 4.78 is 24.1. The van der Waals surface area contributed by atoms with Crippen molar-refractivity contribution in [2.45, 2.75) is 36.0 Å².